The molecule has 0 radical (unpaired) electrons. The number of nitrogens with zero attached hydrogens (tertiary/aromatic N) is 1. The zero-order valence-electron chi connectivity index (χ0n) is 11.9. The van der Waals surface area contributed by atoms with Crippen molar-refractivity contribution in [3.8, 4) is 0 Å². The summed E-state index contributed by atoms with van der Waals surface area (Å²) in [6.07, 6.45) is 7.87. The first kappa shape index (κ1) is 15.1. The lowest BCUT2D eigenvalue weighted by atomic mass is 9.96. The first-order valence-electron chi connectivity index (χ1n) is 7.15. The summed E-state index contributed by atoms with van der Waals surface area (Å²) < 4.78 is 10.3. The molecule has 0 aliphatic heterocycles. The second-order valence-electron chi connectivity index (χ2n) is 5.49. The summed E-state index contributed by atoms with van der Waals surface area (Å²) in [6, 6.07) is 1.92. The molecule has 0 aromatic carbocycles. The normalized spacial score (nSPS) is 26.2. The van der Waals surface area contributed by atoms with Crippen LogP contribution in [0.5, 0.6) is 0 Å². The highest BCUT2D eigenvalue weighted by molar-refractivity contribution is 5.88. The van der Waals surface area contributed by atoms with Gasteiger partial charge in [-0.05, 0) is 43.7 Å². The maximum Gasteiger partial charge on any atom is 0.0934 e. The zero-order valence-corrected chi connectivity index (χ0v) is 11.9. The number of aliphatic hydroxyl groups is 1. The van der Waals surface area contributed by atoms with Crippen LogP contribution in [0.3, 0.4) is 0 Å². The zero-order chi connectivity index (χ0) is 14.4. The summed E-state index contributed by atoms with van der Waals surface area (Å²) in [6.45, 7) is 0. The molecule has 1 aliphatic rings. The van der Waals surface area contributed by atoms with Crippen molar-refractivity contribution in [3.05, 3.63) is 24.2 Å². The minimum atomic E-state index is -0.327. The molecule has 1 saturated carbocycles. The van der Waals surface area contributed by atoms with Crippen LogP contribution < -0.4 is 0 Å². The first-order chi connectivity index (χ1) is 9.72. The molecule has 1 heterocycles. The van der Waals surface area contributed by atoms with Crippen LogP contribution in [-0.2, 0) is 11.2 Å². The molecule has 5 heteroatoms. The van der Waals surface area contributed by atoms with Crippen LogP contribution in [0.25, 0.3) is 0 Å². The van der Waals surface area contributed by atoms with E-state index in [0.717, 1.165) is 43.4 Å². The van der Waals surface area contributed by atoms with Gasteiger partial charge in [-0.1, -0.05) is 5.16 Å². The molecule has 0 saturated heterocycles. The molecule has 0 spiro atoms. The van der Waals surface area contributed by atoms with Gasteiger partial charge in [0.2, 0.25) is 0 Å². The third-order valence-corrected chi connectivity index (χ3v) is 4.11. The van der Waals surface area contributed by atoms with Gasteiger partial charge in [0.1, 0.15) is 0 Å². The van der Waals surface area contributed by atoms with Crippen LogP contribution in [0.4, 0.5) is 0 Å². The average molecular weight is 281 g/mol. The second-order valence-corrected chi connectivity index (χ2v) is 5.49. The van der Waals surface area contributed by atoms with Gasteiger partial charge in [-0.25, -0.2) is 0 Å². The van der Waals surface area contributed by atoms with Crippen LogP contribution in [0, 0.1) is 5.92 Å². The Hall–Kier alpha value is -1.33. The third-order valence-electron chi connectivity index (χ3n) is 4.11. The van der Waals surface area contributed by atoms with Crippen molar-refractivity contribution in [1.82, 2.24) is 0 Å². The molecule has 2 rings (SSSR count). The Labute approximate surface area is 119 Å². The van der Waals surface area contributed by atoms with Crippen molar-refractivity contribution in [2.45, 2.75) is 50.7 Å². The molecule has 20 heavy (non-hydrogen) atoms. The molecule has 1 fully saturated rings. The highest BCUT2D eigenvalue weighted by Gasteiger charge is 2.31. The van der Waals surface area contributed by atoms with Gasteiger partial charge in [-0.15, -0.1) is 0 Å². The minimum absolute atomic E-state index is 0.147. The topological polar surface area (TPSA) is 75.2 Å². The molecular weight excluding hydrogens is 258 g/mol. The molecule has 3 atom stereocenters. The van der Waals surface area contributed by atoms with E-state index in [-0.39, 0.29) is 18.1 Å². The fourth-order valence-electron chi connectivity index (χ4n) is 2.83. The summed E-state index contributed by atoms with van der Waals surface area (Å²) in [5, 5.41) is 22.4. The molecular formula is C15H23NO4. The Kier molecular flexibility index (Phi) is 5.61. The summed E-state index contributed by atoms with van der Waals surface area (Å²) >= 11 is 0. The Balaban J connectivity index is 1.71. The quantitative estimate of drug-likeness (QED) is 0.595. The van der Waals surface area contributed by atoms with Gasteiger partial charge in [0.15, 0.2) is 0 Å². The maximum atomic E-state index is 10.0. The maximum absolute atomic E-state index is 10.0. The third kappa shape index (κ3) is 4.08. The Morgan fingerprint density at radius 1 is 1.50 bits per heavy atom. The van der Waals surface area contributed by atoms with Crippen molar-refractivity contribution < 1.29 is 19.5 Å². The standard InChI is InChI=1S/C15H23NO4/c1-19-14-8-12(15(9-14)16-18)3-5-13(17)4-2-11-6-7-20-10-11/h6-7,10,12-14,17-18H,2-5,8-9H2,1H3/b16-15-/t12?,13-,14+/m0/s1. The monoisotopic (exact) mass is 281 g/mol. The summed E-state index contributed by atoms with van der Waals surface area (Å²) in [4.78, 5) is 0. The van der Waals surface area contributed by atoms with E-state index in [1.807, 2.05) is 6.07 Å². The Morgan fingerprint density at radius 3 is 3.00 bits per heavy atom. The lowest BCUT2D eigenvalue weighted by molar-refractivity contribution is 0.103. The number of ether oxygens (including phenoxy) is 1. The molecule has 0 amide bonds. The van der Waals surface area contributed by atoms with Crippen molar-refractivity contribution in [3.63, 3.8) is 0 Å². The molecule has 5 nitrogen and oxygen atoms in total. The minimum Gasteiger partial charge on any atom is -0.472 e. The first-order valence-corrected chi connectivity index (χ1v) is 7.15. The van der Waals surface area contributed by atoms with E-state index >= 15 is 0 Å². The van der Waals surface area contributed by atoms with E-state index in [1.54, 1.807) is 19.6 Å². The molecule has 1 aromatic heterocycles. The molecule has 1 unspecified atom stereocenters. The van der Waals surface area contributed by atoms with Gasteiger partial charge >= 0.3 is 0 Å². The number of aliphatic hydroxyl groups excluding tert-OH is 1. The highest BCUT2D eigenvalue weighted by atomic mass is 16.5. The number of rotatable bonds is 7. The van der Waals surface area contributed by atoms with Crippen LogP contribution in [0.1, 0.15) is 37.7 Å². The summed E-state index contributed by atoms with van der Waals surface area (Å²) in [5.41, 5.74) is 1.92. The number of furan rings is 1. The van der Waals surface area contributed by atoms with Gasteiger partial charge in [0, 0.05) is 19.4 Å². The van der Waals surface area contributed by atoms with Gasteiger partial charge < -0.3 is 19.5 Å². The average Bonchev–Trinajstić information content (AvgIpc) is 3.11. The van der Waals surface area contributed by atoms with Crippen molar-refractivity contribution in [2.24, 2.45) is 11.1 Å². The number of oxime groups is 1. The van der Waals surface area contributed by atoms with Crippen LogP contribution in [0.15, 0.2) is 28.2 Å². The van der Waals surface area contributed by atoms with E-state index in [4.69, 9.17) is 14.4 Å². The van der Waals surface area contributed by atoms with E-state index in [1.165, 1.54) is 0 Å². The Morgan fingerprint density at radius 2 is 2.35 bits per heavy atom. The second kappa shape index (κ2) is 7.45. The predicted octanol–water partition coefficient (Wildman–Crippen LogP) is 2.61. The summed E-state index contributed by atoms with van der Waals surface area (Å²) in [7, 11) is 1.68. The van der Waals surface area contributed by atoms with Crippen LogP contribution >= 0.6 is 0 Å². The van der Waals surface area contributed by atoms with Crippen molar-refractivity contribution in [2.75, 3.05) is 7.11 Å². The van der Waals surface area contributed by atoms with E-state index < -0.39 is 0 Å². The highest BCUT2D eigenvalue weighted by Crippen LogP contribution is 2.29. The van der Waals surface area contributed by atoms with Gasteiger partial charge in [0.05, 0.1) is 30.4 Å². The largest absolute Gasteiger partial charge is 0.472 e. The number of methoxy groups -OCH3 is 1. The lowest BCUT2D eigenvalue weighted by Crippen LogP contribution is -2.13. The van der Waals surface area contributed by atoms with Crippen LogP contribution in [-0.4, -0.2) is 35.3 Å². The van der Waals surface area contributed by atoms with E-state index in [0.29, 0.717) is 6.42 Å². The number of aryl methyl sites for hydroxylation is 1. The molecule has 0 bridgehead atoms. The molecule has 112 valence electrons. The fourth-order valence-corrected chi connectivity index (χ4v) is 2.83. The molecule has 1 aromatic rings. The Bertz CT molecular complexity index is 416. The molecule has 1 aliphatic carbocycles. The van der Waals surface area contributed by atoms with Crippen molar-refractivity contribution in [1.29, 1.82) is 0 Å². The lowest BCUT2D eigenvalue weighted by Gasteiger charge is -2.14. The predicted molar refractivity (Wildman–Crippen MR) is 75.0 cm³/mol. The van der Waals surface area contributed by atoms with Crippen LogP contribution in [0.2, 0.25) is 0 Å². The van der Waals surface area contributed by atoms with Gasteiger partial charge in [-0.2, -0.15) is 0 Å². The smallest absolute Gasteiger partial charge is 0.0934 e. The van der Waals surface area contributed by atoms with E-state index in [2.05, 4.69) is 5.16 Å². The molecule has 2 N–H and O–H groups in total. The van der Waals surface area contributed by atoms with Gasteiger partial charge in [0.25, 0.3) is 0 Å². The van der Waals surface area contributed by atoms with E-state index in [9.17, 15) is 5.11 Å². The number of hydrogen-bond donors (Lipinski definition) is 2. The SMILES string of the molecule is CO[C@H]1C/C(=N/O)C(CC[C@@H](O)CCc2ccoc2)C1. The summed E-state index contributed by atoms with van der Waals surface area (Å²) in [5.74, 6) is 0.230. The number of hydrogen-bond acceptors (Lipinski definition) is 5. The fraction of sp³-hybridized carbons (Fsp3) is 0.667. The van der Waals surface area contributed by atoms with Gasteiger partial charge in [-0.3, -0.25) is 0 Å². The van der Waals surface area contributed by atoms with Crippen molar-refractivity contribution >= 4 is 5.71 Å².